The molecular weight excluding hydrogens is 290 g/mol. The highest BCUT2D eigenvalue weighted by Crippen LogP contribution is 2.26. The van der Waals surface area contributed by atoms with Crippen LogP contribution >= 0.6 is 0 Å². The van der Waals surface area contributed by atoms with Crippen molar-refractivity contribution in [1.82, 2.24) is 15.0 Å². The molecule has 6 heteroatoms. The number of nitrogens with two attached hydrogens (primary N) is 1. The Morgan fingerprint density at radius 1 is 1.00 bits per heavy atom. The first-order valence-corrected chi connectivity index (χ1v) is 7.61. The summed E-state index contributed by atoms with van der Waals surface area (Å²) in [4.78, 5) is 15.9. The number of nitrogens with zero attached hydrogens (tertiary/aromatic N) is 4. The van der Waals surface area contributed by atoms with E-state index in [1.54, 1.807) is 12.4 Å². The van der Waals surface area contributed by atoms with Crippen molar-refractivity contribution in [1.29, 1.82) is 0 Å². The number of para-hydroxylation sites is 1. The molecule has 0 spiro atoms. The summed E-state index contributed by atoms with van der Waals surface area (Å²) < 4.78 is 5.38. The summed E-state index contributed by atoms with van der Waals surface area (Å²) in [6.45, 7) is 3.08. The van der Waals surface area contributed by atoms with Gasteiger partial charge in [0.2, 0.25) is 0 Å². The van der Waals surface area contributed by atoms with Crippen LogP contribution in [0.1, 0.15) is 0 Å². The Morgan fingerprint density at radius 3 is 2.70 bits per heavy atom. The number of morpholine rings is 1. The fourth-order valence-corrected chi connectivity index (χ4v) is 2.76. The maximum Gasteiger partial charge on any atom is 0.148 e. The Kier molecular flexibility index (Phi) is 3.51. The third-order valence-corrected chi connectivity index (χ3v) is 3.97. The SMILES string of the molecule is Nc1cc(-c2cncc(N3CCOCC3)n2)nc2ccccc12. The molecule has 0 amide bonds. The molecule has 1 aliphatic rings. The van der Waals surface area contributed by atoms with Crippen LogP contribution in [-0.4, -0.2) is 41.3 Å². The average molecular weight is 307 g/mol. The van der Waals surface area contributed by atoms with Crippen LogP contribution in [0.5, 0.6) is 0 Å². The van der Waals surface area contributed by atoms with Gasteiger partial charge in [-0.2, -0.15) is 0 Å². The second-order valence-electron chi connectivity index (χ2n) is 5.48. The Hall–Kier alpha value is -2.73. The third-order valence-electron chi connectivity index (χ3n) is 3.97. The zero-order valence-corrected chi connectivity index (χ0v) is 12.6. The first-order chi connectivity index (χ1) is 11.3. The lowest BCUT2D eigenvalue weighted by molar-refractivity contribution is 0.122. The molecule has 6 nitrogen and oxygen atoms in total. The van der Waals surface area contributed by atoms with E-state index in [4.69, 9.17) is 15.5 Å². The lowest BCUT2D eigenvalue weighted by atomic mass is 10.1. The van der Waals surface area contributed by atoms with Crippen molar-refractivity contribution in [2.75, 3.05) is 36.9 Å². The second kappa shape index (κ2) is 5.81. The summed E-state index contributed by atoms with van der Waals surface area (Å²) in [5.74, 6) is 0.847. The van der Waals surface area contributed by atoms with E-state index in [0.29, 0.717) is 18.9 Å². The molecule has 0 bridgehead atoms. The predicted octanol–water partition coefficient (Wildman–Crippen LogP) is 2.11. The van der Waals surface area contributed by atoms with E-state index < -0.39 is 0 Å². The van der Waals surface area contributed by atoms with Crippen LogP contribution in [0.3, 0.4) is 0 Å². The van der Waals surface area contributed by atoms with Crippen LogP contribution in [0.4, 0.5) is 11.5 Å². The molecule has 0 atom stereocenters. The van der Waals surface area contributed by atoms with Gasteiger partial charge in [-0.15, -0.1) is 0 Å². The van der Waals surface area contributed by atoms with Gasteiger partial charge in [0, 0.05) is 24.2 Å². The molecular formula is C17H17N5O. The number of nitrogen functional groups attached to an aromatic ring is 1. The summed E-state index contributed by atoms with van der Waals surface area (Å²) in [7, 11) is 0. The lowest BCUT2D eigenvalue weighted by Crippen LogP contribution is -2.36. The van der Waals surface area contributed by atoms with Gasteiger partial charge in [0.1, 0.15) is 11.5 Å². The number of aromatic nitrogens is 3. The molecule has 116 valence electrons. The van der Waals surface area contributed by atoms with Crippen molar-refractivity contribution in [3.8, 4) is 11.4 Å². The van der Waals surface area contributed by atoms with Gasteiger partial charge in [-0.1, -0.05) is 18.2 Å². The number of ether oxygens (including phenoxy) is 1. The van der Waals surface area contributed by atoms with E-state index >= 15 is 0 Å². The van der Waals surface area contributed by atoms with E-state index in [2.05, 4.69) is 14.9 Å². The molecule has 4 rings (SSSR count). The maximum atomic E-state index is 6.16. The number of benzene rings is 1. The molecule has 1 aliphatic heterocycles. The molecule has 3 aromatic rings. The van der Waals surface area contributed by atoms with Gasteiger partial charge in [0.05, 0.1) is 36.8 Å². The molecule has 2 N–H and O–H groups in total. The van der Waals surface area contributed by atoms with E-state index in [1.165, 1.54) is 0 Å². The Morgan fingerprint density at radius 2 is 1.83 bits per heavy atom. The Balaban J connectivity index is 1.75. The van der Waals surface area contributed by atoms with Crippen molar-refractivity contribution in [2.24, 2.45) is 0 Å². The molecule has 0 saturated carbocycles. The molecule has 1 fully saturated rings. The van der Waals surface area contributed by atoms with E-state index in [9.17, 15) is 0 Å². The summed E-state index contributed by atoms with van der Waals surface area (Å²) in [5, 5.41) is 0.952. The minimum atomic E-state index is 0.698. The molecule has 1 saturated heterocycles. The van der Waals surface area contributed by atoms with E-state index in [1.807, 2.05) is 30.3 Å². The zero-order chi connectivity index (χ0) is 15.6. The van der Waals surface area contributed by atoms with Gasteiger partial charge in [-0.25, -0.2) is 9.97 Å². The quantitative estimate of drug-likeness (QED) is 0.781. The number of pyridine rings is 1. The van der Waals surface area contributed by atoms with Gasteiger partial charge in [-0.3, -0.25) is 4.98 Å². The van der Waals surface area contributed by atoms with Gasteiger partial charge in [-0.05, 0) is 12.1 Å². The van der Waals surface area contributed by atoms with Gasteiger partial charge in [0.25, 0.3) is 0 Å². The third kappa shape index (κ3) is 2.68. The second-order valence-corrected chi connectivity index (χ2v) is 5.48. The van der Waals surface area contributed by atoms with E-state index in [0.717, 1.165) is 41.2 Å². The predicted molar refractivity (Wildman–Crippen MR) is 90.2 cm³/mol. The molecule has 23 heavy (non-hydrogen) atoms. The Bertz CT molecular complexity index is 845. The highest BCUT2D eigenvalue weighted by molar-refractivity contribution is 5.92. The molecule has 2 aromatic heterocycles. The molecule has 3 heterocycles. The summed E-state index contributed by atoms with van der Waals surface area (Å²) in [6.07, 6.45) is 3.50. The minimum Gasteiger partial charge on any atom is -0.398 e. The smallest absolute Gasteiger partial charge is 0.148 e. The van der Waals surface area contributed by atoms with Gasteiger partial charge >= 0.3 is 0 Å². The van der Waals surface area contributed by atoms with Gasteiger partial charge < -0.3 is 15.4 Å². The van der Waals surface area contributed by atoms with Crippen molar-refractivity contribution in [2.45, 2.75) is 0 Å². The Labute approximate surface area is 133 Å². The summed E-state index contributed by atoms with van der Waals surface area (Å²) in [5.41, 5.74) is 9.19. The highest BCUT2D eigenvalue weighted by Gasteiger charge is 2.14. The first kappa shape index (κ1) is 13.9. The normalized spacial score (nSPS) is 15.0. The first-order valence-electron chi connectivity index (χ1n) is 7.61. The monoisotopic (exact) mass is 307 g/mol. The molecule has 0 unspecified atom stereocenters. The van der Waals surface area contributed by atoms with Crippen molar-refractivity contribution in [3.63, 3.8) is 0 Å². The average Bonchev–Trinajstić information content (AvgIpc) is 2.62. The zero-order valence-electron chi connectivity index (χ0n) is 12.6. The molecule has 1 aromatic carbocycles. The van der Waals surface area contributed by atoms with Crippen LogP contribution in [0.15, 0.2) is 42.7 Å². The minimum absolute atomic E-state index is 0.698. The maximum absolute atomic E-state index is 6.16. The van der Waals surface area contributed by atoms with Crippen LogP contribution in [0.25, 0.3) is 22.3 Å². The van der Waals surface area contributed by atoms with Crippen molar-refractivity contribution >= 4 is 22.4 Å². The van der Waals surface area contributed by atoms with E-state index in [-0.39, 0.29) is 0 Å². The van der Waals surface area contributed by atoms with Crippen LogP contribution in [-0.2, 0) is 4.74 Å². The van der Waals surface area contributed by atoms with Gasteiger partial charge in [0.15, 0.2) is 0 Å². The summed E-state index contributed by atoms with van der Waals surface area (Å²) in [6, 6.07) is 9.69. The standard InChI is InChI=1S/C17H17N5O/c18-13-9-15(20-14-4-2-1-3-12(13)14)16-10-19-11-17(21-16)22-5-7-23-8-6-22/h1-4,9-11H,5-8H2,(H2,18,20). The van der Waals surface area contributed by atoms with Crippen LogP contribution in [0.2, 0.25) is 0 Å². The topological polar surface area (TPSA) is 77.2 Å². The summed E-state index contributed by atoms with van der Waals surface area (Å²) >= 11 is 0. The largest absolute Gasteiger partial charge is 0.398 e. The number of fused-ring (bicyclic) bond motifs is 1. The highest BCUT2D eigenvalue weighted by atomic mass is 16.5. The van der Waals surface area contributed by atoms with Crippen molar-refractivity contribution < 1.29 is 4.74 Å². The van der Waals surface area contributed by atoms with Crippen LogP contribution in [0, 0.1) is 0 Å². The fraction of sp³-hybridized carbons (Fsp3) is 0.235. The lowest BCUT2D eigenvalue weighted by Gasteiger charge is -2.27. The molecule has 0 radical (unpaired) electrons. The molecule has 0 aliphatic carbocycles. The number of hydrogen-bond acceptors (Lipinski definition) is 6. The fourth-order valence-electron chi connectivity index (χ4n) is 2.76. The number of rotatable bonds is 2. The van der Waals surface area contributed by atoms with Crippen molar-refractivity contribution in [3.05, 3.63) is 42.7 Å². The number of anilines is 2. The number of hydrogen-bond donors (Lipinski definition) is 1. The van der Waals surface area contributed by atoms with Crippen LogP contribution < -0.4 is 10.6 Å².